The van der Waals surface area contributed by atoms with Crippen molar-refractivity contribution in [3.05, 3.63) is 74.1 Å². The van der Waals surface area contributed by atoms with E-state index in [2.05, 4.69) is 21.4 Å². The lowest BCUT2D eigenvalue weighted by Crippen LogP contribution is -2.44. The molecule has 0 atom stereocenters. The highest BCUT2D eigenvalue weighted by atomic mass is 79.9. The molecule has 0 radical (unpaired) electrons. The van der Waals surface area contributed by atoms with Gasteiger partial charge in [-0.15, -0.1) is 0 Å². The number of thiocarbonyl (C=S) groups is 1. The van der Waals surface area contributed by atoms with Crippen molar-refractivity contribution in [3.8, 4) is 0 Å². The van der Waals surface area contributed by atoms with Crippen LogP contribution in [0.4, 0.5) is 0 Å². The fraction of sp³-hybridized carbons (Fsp3) is 0. The van der Waals surface area contributed by atoms with Crippen LogP contribution >= 0.6 is 51.5 Å². The van der Waals surface area contributed by atoms with Gasteiger partial charge in [0.1, 0.15) is 0 Å². The van der Waals surface area contributed by atoms with Crippen molar-refractivity contribution in [1.29, 1.82) is 0 Å². The summed E-state index contributed by atoms with van der Waals surface area (Å²) >= 11 is 15.5. The molecule has 2 aromatic carbocycles. The summed E-state index contributed by atoms with van der Waals surface area (Å²) in [5, 5.41) is 1.71. The first kappa shape index (κ1) is 18.1. The number of benzene rings is 2. The van der Waals surface area contributed by atoms with Crippen LogP contribution < -0.4 is 5.43 Å². The molecule has 1 aliphatic heterocycles. The van der Waals surface area contributed by atoms with Crippen LogP contribution in [-0.2, 0) is 4.79 Å². The number of nitrogens with zero attached hydrogens (tertiary/aromatic N) is 1. The molecule has 0 aliphatic carbocycles. The number of hydrazine groups is 1. The third kappa shape index (κ3) is 4.30. The lowest BCUT2D eigenvalue weighted by atomic mass is 10.2. The number of halogens is 2. The number of carbonyl (C=O) groups excluding carboxylic acids is 2. The van der Waals surface area contributed by atoms with E-state index >= 15 is 0 Å². The summed E-state index contributed by atoms with van der Waals surface area (Å²) in [5.74, 6) is -0.771. The van der Waals surface area contributed by atoms with Crippen molar-refractivity contribution >= 4 is 73.7 Å². The highest BCUT2D eigenvalue weighted by molar-refractivity contribution is 9.10. The summed E-state index contributed by atoms with van der Waals surface area (Å²) < 4.78 is 1.14. The Morgan fingerprint density at radius 2 is 1.80 bits per heavy atom. The van der Waals surface area contributed by atoms with Gasteiger partial charge in [-0.05, 0) is 60.3 Å². The van der Waals surface area contributed by atoms with Crippen LogP contribution in [0.25, 0.3) is 6.08 Å². The lowest BCUT2D eigenvalue weighted by molar-refractivity contribution is -0.123. The SMILES string of the molecule is O=C(NN1C(=O)/C(=C\c2ccc(Cl)cc2)SC1=S)c1ccc(Br)cc1. The Balaban J connectivity index is 1.76. The molecule has 2 amide bonds. The lowest BCUT2D eigenvalue weighted by Gasteiger charge is -2.15. The summed E-state index contributed by atoms with van der Waals surface area (Å²) in [6.45, 7) is 0. The average Bonchev–Trinajstić information content (AvgIpc) is 2.85. The third-order valence-corrected chi connectivity index (χ3v) is 5.36. The standard InChI is InChI=1S/C17H10BrClN2O2S2/c18-12-5-3-11(4-6-12)15(22)20-21-16(23)14(25-17(21)24)9-10-1-7-13(19)8-2-10/h1-9H,(H,20,22)/b14-9+. The van der Waals surface area contributed by atoms with E-state index < -0.39 is 5.91 Å². The Bertz CT molecular complexity index is 883. The van der Waals surface area contributed by atoms with Gasteiger partial charge in [0.05, 0.1) is 4.91 Å². The Morgan fingerprint density at radius 3 is 2.44 bits per heavy atom. The number of rotatable bonds is 3. The third-order valence-electron chi connectivity index (χ3n) is 3.28. The Morgan fingerprint density at radius 1 is 1.16 bits per heavy atom. The van der Waals surface area contributed by atoms with Crippen LogP contribution in [0, 0.1) is 0 Å². The van der Waals surface area contributed by atoms with Crippen LogP contribution in [0.5, 0.6) is 0 Å². The maximum Gasteiger partial charge on any atom is 0.285 e. The highest BCUT2D eigenvalue weighted by Gasteiger charge is 2.33. The predicted molar refractivity (Wildman–Crippen MR) is 108 cm³/mol. The molecule has 2 aromatic rings. The molecule has 1 heterocycles. The number of carbonyl (C=O) groups is 2. The van der Waals surface area contributed by atoms with Crippen molar-refractivity contribution in [1.82, 2.24) is 10.4 Å². The highest BCUT2D eigenvalue weighted by Crippen LogP contribution is 2.31. The number of hydrogen-bond donors (Lipinski definition) is 1. The zero-order valence-electron chi connectivity index (χ0n) is 12.5. The number of hydrogen-bond acceptors (Lipinski definition) is 4. The van der Waals surface area contributed by atoms with Crippen LogP contribution in [0.15, 0.2) is 57.9 Å². The van der Waals surface area contributed by atoms with Crippen LogP contribution in [-0.4, -0.2) is 21.1 Å². The molecule has 126 valence electrons. The molecule has 25 heavy (non-hydrogen) atoms. The van der Waals surface area contributed by atoms with E-state index in [1.54, 1.807) is 54.6 Å². The maximum absolute atomic E-state index is 12.5. The van der Waals surface area contributed by atoms with Gasteiger partial charge in [-0.3, -0.25) is 15.0 Å². The first-order chi connectivity index (χ1) is 11.9. The predicted octanol–water partition coefficient (Wildman–Crippen LogP) is 4.65. The fourth-order valence-corrected chi connectivity index (χ4v) is 3.61. The van der Waals surface area contributed by atoms with Crippen molar-refractivity contribution in [3.63, 3.8) is 0 Å². The van der Waals surface area contributed by atoms with E-state index in [0.29, 0.717) is 15.5 Å². The first-order valence-electron chi connectivity index (χ1n) is 7.04. The Labute approximate surface area is 167 Å². The summed E-state index contributed by atoms with van der Waals surface area (Å²) in [4.78, 5) is 25.2. The zero-order chi connectivity index (χ0) is 18.0. The van der Waals surface area contributed by atoms with E-state index in [0.717, 1.165) is 26.8 Å². The molecule has 4 nitrogen and oxygen atoms in total. The summed E-state index contributed by atoms with van der Waals surface area (Å²) in [6.07, 6.45) is 1.71. The molecular formula is C17H10BrClN2O2S2. The Kier molecular flexibility index (Phi) is 5.58. The largest absolute Gasteiger partial charge is 0.285 e. The molecule has 0 spiro atoms. The number of amides is 2. The molecule has 1 saturated heterocycles. The van der Waals surface area contributed by atoms with Gasteiger partial charge in [0.15, 0.2) is 4.32 Å². The van der Waals surface area contributed by atoms with Gasteiger partial charge in [-0.2, -0.15) is 5.01 Å². The molecule has 0 aromatic heterocycles. The molecule has 1 aliphatic rings. The second kappa shape index (κ2) is 7.70. The maximum atomic E-state index is 12.5. The van der Waals surface area contributed by atoms with Crippen LogP contribution in [0.2, 0.25) is 5.02 Å². The molecule has 0 unspecified atom stereocenters. The van der Waals surface area contributed by atoms with E-state index in [4.69, 9.17) is 23.8 Å². The summed E-state index contributed by atoms with van der Waals surface area (Å²) in [5.41, 5.74) is 3.80. The molecule has 8 heteroatoms. The first-order valence-corrected chi connectivity index (χ1v) is 9.44. The van der Waals surface area contributed by atoms with Gasteiger partial charge in [0.25, 0.3) is 11.8 Å². The average molecular weight is 454 g/mol. The van der Waals surface area contributed by atoms with Gasteiger partial charge >= 0.3 is 0 Å². The van der Waals surface area contributed by atoms with E-state index in [1.165, 1.54) is 0 Å². The van der Waals surface area contributed by atoms with E-state index in [9.17, 15) is 9.59 Å². The van der Waals surface area contributed by atoms with E-state index in [1.807, 2.05) is 0 Å². The van der Waals surface area contributed by atoms with Gasteiger partial charge in [0, 0.05) is 15.1 Å². The molecule has 3 rings (SSSR count). The molecule has 1 N–H and O–H groups in total. The van der Waals surface area contributed by atoms with Gasteiger partial charge < -0.3 is 0 Å². The smallest absolute Gasteiger partial charge is 0.267 e. The molecule has 0 saturated carbocycles. The molecule has 0 bridgehead atoms. The molecule has 1 fully saturated rings. The summed E-state index contributed by atoms with van der Waals surface area (Å²) in [7, 11) is 0. The quantitative estimate of drug-likeness (QED) is 0.543. The van der Waals surface area contributed by atoms with Crippen molar-refractivity contribution in [2.75, 3.05) is 0 Å². The minimum absolute atomic E-state index is 0.274. The van der Waals surface area contributed by atoms with Gasteiger partial charge in [-0.25, -0.2) is 0 Å². The second-order valence-corrected chi connectivity index (χ2v) is 8.04. The monoisotopic (exact) mass is 452 g/mol. The van der Waals surface area contributed by atoms with Gasteiger partial charge in [0.2, 0.25) is 0 Å². The minimum atomic E-state index is -0.406. The number of thioether (sulfide) groups is 1. The van der Waals surface area contributed by atoms with Crippen molar-refractivity contribution in [2.45, 2.75) is 0 Å². The van der Waals surface area contributed by atoms with Crippen LogP contribution in [0.3, 0.4) is 0 Å². The summed E-state index contributed by atoms with van der Waals surface area (Å²) in [6, 6.07) is 13.9. The van der Waals surface area contributed by atoms with Crippen molar-refractivity contribution in [2.24, 2.45) is 0 Å². The van der Waals surface area contributed by atoms with Crippen molar-refractivity contribution < 1.29 is 9.59 Å². The second-order valence-electron chi connectivity index (χ2n) is 5.02. The normalized spacial score (nSPS) is 15.8. The van der Waals surface area contributed by atoms with Gasteiger partial charge in [-0.1, -0.05) is 51.4 Å². The molecular weight excluding hydrogens is 444 g/mol. The zero-order valence-corrected chi connectivity index (χ0v) is 16.5. The Hall–Kier alpha value is -1.67. The topological polar surface area (TPSA) is 49.4 Å². The minimum Gasteiger partial charge on any atom is -0.267 e. The van der Waals surface area contributed by atoms with Crippen LogP contribution in [0.1, 0.15) is 15.9 Å². The number of nitrogens with one attached hydrogen (secondary N) is 1. The fourth-order valence-electron chi connectivity index (χ4n) is 2.04. The van der Waals surface area contributed by atoms with E-state index in [-0.39, 0.29) is 10.2 Å².